The van der Waals surface area contributed by atoms with Crippen LogP contribution in [0.1, 0.15) is 55.9 Å². The highest BCUT2D eigenvalue weighted by Crippen LogP contribution is 2.43. The summed E-state index contributed by atoms with van der Waals surface area (Å²) in [5, 5.41) is 5.03. The van der Waals surface area contributed by atoms with Gasteiger partial charge in [-0.1, -0.05) is 19.9 Å². The first kappa shape index (κ1) is 20.9. The second-order valence-electron chi connectivity index (χ2n) is 10.6. The summed E-state index contributed by atoms with van der Waals surface area (Å²) in [7, 11) is 2.09. The number of fused-ring (bicyclic) bond motifs is 5. The van der Waals surface area contributed by atoms with E-state index in [1.807, 2.05) is 20.2 Å². The van der Waals surface area contributed by atoms with Gasteiger partial charge in [-0.25, -0.2) is 11.1 Å². The number of pyridine rings is 1. The van der Waals surface area contributed by atoms with Crippen molar-refractivity contribution in [2.75, 3.05) is 0 Å². The Morgan fingerprint density at radius 2 is 1.76 bits per heavy atom. The van der Waals surface area contributed by atoms with Crippen molar-refractivity contribution in [2.45, 2.75) is 53.0 Å². The van der Waals surface area contributed by atoms with E-state index in [2.05, 4.69) is 85.0 Å². The third-order valence-electron chi connectivity index (χ3n) is 7.78. The Morgan fingerprint density at radius 3 is 2.47 bits per heavy atom. The summed E-state index contributed by atoms with van der Waals surface area (Å²) >= 11 is 0. The Balaban J connectivity index is 2.01. The zero-order chi connectivity index (χ0) is 24.1. The molecule has 0 amide bonds. The van der Waals surface area contributed by atoms with Crippen molar-refractivity contribution in [3.8, 4) is 0 Å². The van der Waals surface area contributed by atoms with Gasteiger partial charge in [-0.2, -0.15) is 0 Å². The maximum absolute atomic E-state index is 7.81. The van der Waals surface area contributed by atoms with Crippen LogP contribution < -0.4 is 4.57 Å². The molecule has 0 saturated carbocycles. The second kappa shape index (κ2) is 6.67. The molecule has 168 valence electrons. The van der Waals surface area contributed by atoms with Gasteiger partial charge in [-0.05, 0) is 65.7 Å². The van der Waals surface area contributed by atoms with Gasteiger partial charge in [0.2, 0.25) is 0 Å². The number of aryl methyl sites for hydroxylation is 3. The lowest BCUT2D eigenvalue weighted by molar-refractivity contribution is -0.646. The summed E-state index contributed by atoms with van der Waals surface area (Å²) in [6.45, 7) is 20.7. The van der Waals surface area contributed by atoms with Gasteiger partial charge in [0.25, 0.3) is 11.9 Å². The lowest BCUT2D eigenvalue weighted by Crippen LogP contribution is -2.30. The quantitative estimate of drug-likeness (QED) is 0.121. The molecule has 0 aliphatic rings. The van der Waals surface area contributed by atoms with E-state index in [1.165, 1.54) is 49.4 Å². The third-order valence-corrected chi connectivity index (χ3v) is 7.78. The van der Waals surface area contributed by atoms with E-state index in [0.717, 1.165) is 22.0 Å². The van der Waals surface area contributed by atoms with Crippen molar-refractivity contribution in [2.24, 2.45) is 7.05 Å². The molecule has 0 atom stereocenters. The molecular weight excluding hydrogens is 416 g/mol. The molecule has 0 saturated heterocycles. The van der Waals surface area contributed by atoms with Gasteiger partial charge in [0.15, 0.2) is 5.52 Å². The van der Waals surface area contributed by atoms with Crippen LogP contribution in [0.25, 0.3) is 54.0 Å². The van der Waals surface area contributed by atoms with Crippen molar-refractivity contribution >= 4 is 49.1 Å². The summed E-state index contributed by atoms with van der Waals surface area (Å²) < 4.78 is 4.59. The van der Waals surface area contributed by atoms with Crippen LogP contribution in [-0.4, -0.2) is 9.38 Å². The Kier molecular flexibility index (Phi) is 4.09. The Bertz CT molecular complexity index is 1840. The molecule has 0 aliphatic heterocycles. The highest BCUT2D eigenvalue weighted by molar-refractivity contribution is 6.25. The van der Waals surface area contributed by atoms with E-state index in [-0.39, 0.29) is 0 Å². The van der Waals surface area contributed by atoms with E-state index < -0.39 is 5.54 Å². The molecule has 4 nitrogen and oxygen atoms in total. The Morgan fingerprint density at radius 1 is 1.00 bits per heavy atom. The minimum Gasteiger partial charge on any atom is -0.308 e. The van der Waals surface area contributed by atoms with E-state index in [9.17, 15) is 0 Å². The highest BCUT2D eigenvalue weighted by atomic mass is 15.0. The standard InChI is InChI=1S/C30H29N4/c1-16(2)19-9-10-24-21(12-19)22-11-17(3)18(4)26-28(22)34(24)25-14-20(30(5,6)31-7)13-23-27(25)29(26)33(8)15-32-23/h9-16H,1-6,8H3/q+1. The van der Waals surface area contributed by atoms with Crippen LogP contribution >= 0.6 is 0 Å². The predicted molar refractivity (Wildman–Crippen MR) is 141 cm³/mol. The van der Waals surface area contributed by atoms with Crippen molar-refractivity contribution in [3.63, 3.8) is 0 Å². The molecule has 6 rings (SSSR count). The maximum Gasteiger partial charge on any atom is 0.287 e. The lowest BCUT2D eigenvalue weighted by Gasteiger charge is -2.17. The molecule has 0 aliphatic carbocycles. The fourth-order valence-electron chi connectivity index (χ4n) is 5.56. The minimum atomic E-state index is -0.624. The van der Waals surface area contributed by atoms with E-state index in [0.29, 0.717) is 5.92 Å². The first-order valence-corrected chi connectivity index (χ1v) is 11.9. The first-order valence-electron chi connectivity index (χ1n) is 11.9. The lowest BCUT2D eigenvalue weighted by atomic mass is 9.92. The largest absolute Gasteiger partial charge is 0.308 e. The van der Waals surface area contributed by atoms with E-state index in [1.54, 1.807) is 0 Å². The van der Waals surface area contributed by atoms with Gasteiger partial charge < -0.3 is 9.25 Å². The topological polar surface area (TPSA) is 25.5 Å². The van der Waals surface area contributed by atoms with Crippen LogP contribution in [-0.2, 0) is 12.6 Å². The normalized spacial score (nSPS) is 12.8. The number of hydrogen-bond acceptors (Lipinski definition) is 1. The smallest absolute Gasteiger partial charge is 0.287 e. The highest BCUT2D eigenvalue weighted by Gasteiger charge is 2.31. The van der Waals surface area contributed by atoms with Crippen molar-refractivity contribution in [1.29, 1.82) is 0 Å². The van der Waals surface area contributed by atoms with Crippen LogP contribution in [0.4, 0.5) is 0 Å². The van der Waals surface area contributed by atoms with Gasteiger partial charge in [0, 0.05) is 36.2 Å². The summed E-state index contributed by atoms with van der Waals surface area (Å²) in [6.07, 6.45) is 1.92. The van der Waals surface area contributed by atoms with E-state index >= 15 is 0 Å². The SMILES string of the molecule is [C-]#[N+]C(C)(C)c1cc2nc[n+](C)c3c4c(C)c(C)cc5c6cc(C(C)C)ccc6n(c(c1)c23)c54. The predicted octanol–water partition coefficient (Wildman–Crippen LogP) is 7.10. The molecule has 4 heteroatoms. The van der Waals surface area contributed by atoms with E-state index in [4.69, 9.17) is 11.6 Å². The van der Waals surface area contributed by atoms with Crippen LogP contribution in [0.3, 0.4) is 0 Å². The van der Waals surface area contributed by atoms with Crippen molar-refractivity contribution < 1.29 is 4.57 Å². The molecule has 0 bridgehead atoms. The number of hydrogen-bond donors (Lipinski definition) is 0. The average Bonchev–Trinajstić information content (AvgIpc) is 3.13. The summed E-state index contributed by atoms with van der Waals surface area (Å²) in [4.78, 5) is 8.77. The molecule has 0 fully saturated rings. The maximum atomic E-state index is 7.81. The number of nitrogens with zero attached hydrogens (tertiary/aromatic N) is 4. The van der Waals surface area contributed by atoms with Crippen LogP contribution in [0, 0.1) is 20.4 Å². The number of aromatic nitrogens is 3. The molecule has 3 heterocycles. The third kappa shape index (κ3) is 2.53. The molecule has 0 unspecified atom stereocenters. The second-order valence-corrected chi connectivity index (χ2v) is 10.6. The summed E-state index contributed by atoms with van der Waals surface area (Å²) in [5.41, 5.74) is 10.1. The minimum absolute atomic E-state index is 0.465. The summed E-state index contributed by atoms with van der Waals surface area (Å²) in [6, 6.07) is 13.6. The Hall–Kier alpha value is -3.71. The van der Waals surface area contributed by atoms with Gasteiger partial charge in [-0.3, -0.25) is 0 Å². The molecule has 0 radical (unpaired) electrons. The number of benzene rings is 3. The summed E-state index contributed by atoms with van der Waals surface area (Å²) in [5.74, 6) is 0.465. The van der Waals surface area contributed by atoms with Gasteiger partial charge in [-0.15, -0.1) is 0 Å². The van der Waals surface area contributed by atoms with Crippen molar-refractivity contribution in [3.05, 3.63) is 76.4 Å². The van der Waals surface area contributed by atoms with Crippen LogP contribution in [0.15, 0.2) is 42.7 Å². The molecule has 34 heavy (non-hydrogen) atoms. The van der Waals surface area contributed by atoms with Gasteiger partial charge in [0.1, 0.15) is 5.52 Å². The fourth-order valence-corrected chi connectivity index (χ4v) is 5.56. The molecule has 6 aromatic rings. The average molecular weight is 446 g/mol. The number of rotatable bonds is 2. The molecule has 3 aromatic carbocycles. The first-order chi connectivity index (χ1) is 16.1. The van der Waals surface area contributed by atoms with Gasteiger partial charge in [0.05, 0.1) is 34.4 Å². The Labute approximate surface area is 199 Å². The van der Waals surface area contributed by atoms with Gasteiger partial charge >= 0.3 is 0 Å². The molecule has 0 spiro atoms. The zero-order valence-electron chi connectivity index (χ0n) is 20.9. The van der Waals surface area contributed by atoms with Crippen LogP contribution in [0.2, 0.25) is 0 Å². The molecular formula is C30H29N4+. The van der Waals surface area contributed by atoms with Crippen LogP contribution in [0.5, 0.6) is 0 Å². The zero-order valence-corrected chi connectivity index (χ0v) is 20.9. The van der Waals surface area contributed by atoms with Crippen molar-refractivity contribution in [1.82, 2.24) is 9.38 Å². The molecule has 0 N–H and O–H groups in total. The fraction of sp³-hybridized carbons (Fsp3) is 0.300. The monoisotopic (exact) mass is 445 g/mol. The molecule has 3 aromatic heterocycles.